The van der Waals surface area contributed by atoms with Crippen molar-refractivity contribution in [1.82, 2.24) is 4.98 Å². The maximum absolute atomic E-state index is 12.6. The number of benzene rings is 1. The maximum Gasteiger partial charge on any atom is 0.243 e. The molecule has 0 fully saturated rings. The predicted octanol–water partition coefficient (Wildman–Crippen LogP) is 2.90. The predicted molar refractivity (Wildman–Crippen MR) is 87.8 cm³/mol. The lowest BCUT2D eigenvalue weighted by atomic mass is 9.99. The molecule has 0 radical (unpaired) electrons. The number of aromatic nitrogens is 1. The van der Waals surface area contributed by atoms with E-state index in [-0.39, 0.29) is 11.8 Å². The Morgan fingerprint density at radius 2 is 2.26 bits per heavy atom. The van der Waals surface area contributed by atoms with Gasteiger partial charge in [0.1, 0.15) is 11.5 Å². The lowest BCUT2D eigenvalue weighted by molar-refractivity contribution is -0.126. The summed E-state index contributed by atoms with van der Waals surface area (Å²) in [5.41, 5.74) is 2.06. The first kappa shape index (κ1) is 14.0. The van der Waals surface area contributed by atoms with Crippen LogP contribution in [0.5, 0.6) is 0 Å². The van der Waals surface area contributed by atoms with E-state index in [4.69, 9.17) is 4.42 Å². The molecule has 1 unspecified atom stereocenters. The van der Waals surface area contributed by atoms with Crippen LogP contribution in [-0.2, 0) is 9.59 Å². The van der Waals surface area contributed by atoms with Crippen molar-refractivity contribution < 1.29 is 14.0 Å². The molecule has 0 spiro atoms. The van der Waals surface area contributed by atoms with E-state index in [1.807, 2.05) is 19.1 Å². The number of nitrogens with zero attached hydrogens (tertiary/aromatic N) is 2. The van der Waals surface area contributed by atoms with Gasteiger partial charge >= 0.3 is 0 Å². The van der Waals surface area contributed by atoms with Crippen LogP contribution in [0.4, 0.5) is 10.8 Å². The molecular formula is C16H13N3O3S. The van der Waals surface area contributed by atoms with E-state index >= 15 is 0 Å². The van der Waals surface area contributed by atoms with E-state index in [2.05, 4.69) is 10.3 Å². The minimum absolute atomic E-state index is 0.251. The number of anilines is 2. The van der Waals surface area contributed by atoms with Gasteiger partial charge in [0.05, 0.1) is 6.26 Å². The van der Waals surface area contributed by atoms with Gasteiger partial charge in [0.2, 0.25) is 11.8 Å². The summed E-state index contributed by atoms with van der Waals surface area (Å²) in [6.45, 7) is 1.91. The molecule has 0 saturated heterocycles. The first-order chi connectivity index (χ1) is 11.0. The van der Waals surface area contributed by atoms with Crippen LogP contribution in [0.25, 0.3) is 11.0 Å². The van der Waals surface area contributed by atoms with Crippen LogP contribution in [0, 0.1) is 6.92 Å². The second-order valence-electron chi connectivity index (χ2n) is 5.47. The second-order valence-corrected chi connectivity index (χ2v) is 6.70. The Kier molecular flexibility index (Phi) is 2.99. The summed E-state index contributed by atoms with van der Waals surface area (Å²) >= 11 is 1.38. The average Bonchev–Trinajstić information content (AvgIpc) is 3.18. The van der Waals surface area contributed by atoms with Crippen molar-refractivity contribution in [2.75, 3.05) is 17.3 Å². The summed E-state index contributed by atoms with van der Waals surface area (Å²) in [7, 11) is 1.67. The molecule has 0 bridgehead atoms. The van der Waals surface area contributed by atoms with Crippen LogP contribution in [0.1, 0.15) is 16.4 Å². The molecule has 3 aromatic rings. The molecular weight excluding hydrogens is 314 g/mol. The van der Waals surface area contributed by atoms with Crippen LogP contribution < -0.4 is 10.2 Å². The minimum atomic E-state index is -0.881. The van der Waals surface area contributed by atoms with Crippen LogP contribution in [0.3, 0.4) is 0 Å². The number of carbonyl (C=O) groups is 2. The van der Waals surface area contributed by atoms with E-state index in [0.29, 0.717) is 16.3 Å². The average molecular weight is 327 g/mol. The largest absolute Gasteiger partial charge is 0.464 e. The molecule has 23 heavy (non-hydrogen) atoms. The quantitative estimate of drug-likeness (QED) is 0.734. The molecule has 116 valence electrons. The summed E-state index contributed by atoms with van der Waals surface area (Å²) in [4.78, 5) is 31.7. The number of carbonyl (C=O) groups excluding carboxylic acids is 2. The van der Waals surface area contributed by atoms with E-state index in [9.17, 15) is 9.59 Å². The van der Waals surface area contributed by atoms with Crippen molar-refractivity contribution in [3.05, 3.63) is 41.1 Å². The highest BCUT2D eigenvalue weighted by Crippen LogP contribution is 2.40. The third kappa shape index (κ3) is 2.12. The Balaban J connectivity index is 1.74. The number of nitrogens with one attached hydrogen (secondary N) is 1. The fraction of sp³-hybridized carbons (Fsp3) is 0.188. The van der Waals surface area contributed by atoms with Crippen LogP contribution >= 0.6 is 11.3 Å². The van der Waals surface area contributed by atoms with Gasteiger partial charge in [-0.1, -0.05) is 0 Å². The summed E-state index contributed by atoms with van der Waals surface area (Å²) in [5.74, 6) is -1.51. The standard InChI is InChI=1S/C16H13N3O3S/c1-8-7-17-16(23-8)18-14(20)13-10-6-12-9(3-4-22-12)5-11(10)19(2)15(13)21/h3-7,13H,1-2H3,(H,17,18,20). The Morgan fingerprint density at radius 1 is 1.43 bits per heavy atom. The van der Waals surface area contributed by atoms with Crippen LogP contribution in [0.2, 0.25) is 0 Å². The summed E-state index contributed by atoms with van der Waals surface area (Å²) in [5, 5.41) is 4.13. The van der Waals surface area contributed by atoms with Crippen molar-refractivity contribution in [2.24, 2.45) is 0 Å². The van der Waals surface area contributed by atoms with Gasteiger partial charge in [-0.15, -0.1) is 11.3 Å². The number of thiazole rings is 1. The molecule has 1 N–H and O–H groups in total. The SMILES string of the molecule is Cc1cnc(NC(=O)C2C(=O)N(C)c3cc4ccoc4cc32)s1. The Labute approximate surface area is 135 Å². The van der Waals surface area contributed by atoms with Gasteiger partial charge in [0.15, 0.2) is 5.13 Å². The van der Waals surface area contributed by atoms with Crippen molar-refractivity contribution in [2.45, 2.75) is 12.8 Å². The van der Waals surface area contributed by atoms with Crippen molar-refractivity contribution in [3.63, 3.8) is 0 Å². The third-order valence-corrected chi connectivity index (χ3v) is 4.79. The first-order valence-corrected chi connectivity index (χ1v) is 7.88. The topological polar surface area (TPSA) is 75.4 Å². The highest BCUT2D eigenvalue weighted by Gasteiger charge is 2.41. The van der Waals surface area contributed by atoms with Crippen LogP contribution in [-0.4, -0.2) is 23.8 Å². The molecule has 2 amide bonds. The zero-order valence-corrected chi connectivity index (χ0v) is 13.3. The zero-order chi connectivity index (χ0) is 16.1. The van der Waals surface area contributed by atoms with Gasteiger partial charge in [0, 0.05) is 34.8 Å². The molecule has 0 saturated carbocycles. The number of hydrogen-bond donors (Lipinski definition) is 1. The molecule has 2 aromatic heterocycles. The van der Waals surface area contributed by atoms with Crippen molar-refractivity contribution in [3.8, 4) is 0 Å². The number of amides is 2. The van der Waals surface area contributed by atoms with E-state index in [0.717, 1.165) is 16.0 Å². The molecule has 3 heterocycles. The van der Waals surface area contributed by atoms with Gasteiger partial charge in [-0.25, -0.2) is 4.98 Å². The fourth-order valence-corrected chi connectivity index (χ4v) is 3.49. The number of aryl methyl sites for hydroxylation is 1. The molecule has 4 rings (SSSR count). The number of hydrogen-bond acceptors (Lipinski definition) is 5. The highest BCUT2D eigenvalue weighted by molar-refractivity contribution is 7.15. The van der Waals surface area contributed by atoms with Gasteiger partial charge < -0.3 is 14.6 Å². The summed E-state index contributed by atoms with van der Waals surface area (Å²) < 4.78 is 5.39. The van der Waals surface area contributed by atoms with E-state index in [1.54, 1.807) is 25.6 Å². The van der Waals surface area contributed by atoms with Crippen LogP contribution in [0.15, 0.2) is 35.1 Å². The van der Waals surface area contributed by atoms with Gasteiger partial charge in [-0.3, -0.25) is 9.59 Å². The van der Waals surface area contributed by atoms with Crippen molar-refractivity contribution in [1.29, 1.82) is 0 Å². The molecule has 1 atom stereocenters. The molecule has 7 heteroatoms. The maximum atomic E-state index is 12.6. The molecule has 1 aromatic carbocycles. The number of likely N-dealkylation sites (N-methyl/N-ethyl adjacent to an activating group) is 1. The number of furan rings is 1. The number of fused-ring (bicyclic) bond motifs is 2. The van der Waals surface area contributed by atoms with Gasteiger partial charge in [0.25, 0.3) is 0 Å². The smallest absolute Gasteiger partial charge is 0.243 e. The minimum Gasteiger partial charge on any atom is -0.464 e. The summed E-state index contributed by atoms with van der Waals surface area (Å²) in [6.07, 6.45) is 3.28. The summed E-state index contributed by atoms with van der Waals surface area (Å²) in [6, 6.07) is 5.47. The van der Waals surface area contributed by atoms with Gasteiger partial charge in [-0.05, 0) is 25.1 Å². The molecule has 6 nitrogen and oxygen atoms in total. The second kappa shape index (κ2) is 4.92. The van der Waals surface area contributed by atoms with Crippen molar-refractivity contribution >= 4 is 44.9 Å². The Morgan fingerprint density at radius 3 is 3.00 bits per heavy atom. The lowest BCUT2D eigenvalue weighted by Gasteiger charge is -2.10. The lowest BCUT2D eigenvalue weighted by Crippen LogP contribution is -2.31. The molecule has 1 aliphatic heterocycles. The highest BCUT2D eigenvalue weighted by atomic mass is 32.1. The zero-order valence-electron chi connectivity index (χ0n) is 12.5. The monoisotopic (exact) mass is 327 g/mol. The molecule has 0 aliphatic carbocycles. The number of rotatable bonds is 2. The Hall–Kier alpha value is -2.67. The third-order valence-electron chi connectivity index (χ3n) is 3.97. The molecule has 1 aliphatic rings. The van der Waals surface area contributed by atoms with E-state index < -0.39 is 5.92 Å². The Bertz CT molecular complexity index is 943. The van der Waals surface area contributed by atoms with E-state index in [1.165, 1.54) is 16.2 Å². The van der Waals surface area contributed by atoms with Gasteiger partial charge in [-0.2, -0.15) is 0 Å². The normalized spacial score (nSPS) is 16.9. The first-order valence-electron chi connectivity index (χ1n) is 7.06. The fourth-order valence-electron chi connectivity index (χ4n) is 2.82.